The Morgan fingerprint density at radius 2 is 2.10 bits per heavy atom. The van der Waals surface area contributed by atoms with Crippen LogP contribution in [0.4, 0.5) is 4.79 Å². The zero-order valence-electron chi connectivity index (χ0n) is 12.2. The fraction of sp³-hybridized carbons (Fsp3) is 0.643. The summed E-state index contributed by atoms with van der Waals surface area (Å²) in [5.74, 6) is 0. The van der Waals surface area contributed by atoms with Crippen LogP contribution in [0.2, 0.25) is 0 Å². The second-order valence-electron chi connectivity index (χ2n) is 5.84. The number of nitrogens with zero attached hydrogens (tertiary/aromatic N) is 3. The first-order valence-corrected chi connectivity index (χ1v) is 7.73. The highest BCUT2D eigenvalue weighted by molar-refractivity contribution is 7.99. The minimum absolute atomic E-state index is 0.225. The lowest BCUT2D eigenvalue weighted by Gasteiger charge is -2.33. The van der Waals surface area contributed by atoms with Crippen molar-refractivity contribution in [1.29, 1.82) is 0 Å². The third-order valence-corrected chi connectivity index (χ3v) is 3.98. The van der Waals surface area contributed by atoms with Crippen LogP contribution in [-0.4, -0.2) is 44.9 Å². The van der Waals surface area contributed by atoms with Gasteiger partial charge in [-0.1, -0.05) is 11.8 Å². The predicted molar refractivity (Wildman–Crippen MR) is 78.7 cm³/mol. The van der Waals surface area contributed by atoms with Gasteiger partial charge < -0.3 is 9.64 Å². The molecule has 1 aromatic rings. The largest absolute Gasteiger partial charge is 0.444 e. The second kappa shape index (κ2) is 6.43. The maximum Gasteiger partial charge on any atom is 0.410 e. The van der Waals surface area contributed by atoms with Crippen molar-refractivity contribution in [3.63, 3.8) is 0 Å². The van der Waals surface area contributed by atoms with Crippen molar-refractivity contribution in [3.05, 3.63) is 18.5 Å². The number of amides is 1. The van der Waals surface area contributed by atoms with Crippen molar-refractivity contribution < 1.29 is 9.53 Å². The first-order valence-electron chi connectivity index (χ1n) is 6.86. The lowest BCUT2D eigenvalue weighted by molar-refractivity contribution is 0.0220. The van der Waals surface area contributed by atoms with Crippen molar-refractivity contribution in [2.75, 3.05) is 13.1 Å². The summed E-state index contributed by atoms with van der Waals surface area (Å²) in [4.78, 5) is 22.3. The van der Waals surface area contributed by atoms with Gasteiger partial charge in [-0.05, 0) is 39.7 Å². The first kappa shape index (κ1) is 15.1. The molecule has 0 N–H and O–H groups in total. The van der Waals surface area contributed by atoms with Gasteiger partial charge in [-0.2, -0.15) is 0 Å². The van der Waals surface area contributed by atoms with E-state index in [4.69, 9.17) is 4.74 Å². The van der Waals surface area contributed by atoms with E-state index in [0.29, 0.717) is 11.8 Å². The van der Waals surface area contributed by atoms with E-state index in [9.17, 15) is 4.79 Å². The van der Waals surface area contributed by atoms with Gasteiger partial charge in [0.25, 0.3) is 0 Å². The summed E-state index contributed by atoms with van der Waals surface area (Å²) in [6, 6.07) is 1.80. The Balaban J connectivity index is 1.90. The van der Waals surface area contributed by atoms with Crippen LogP contribution in [0.1, 0.15) is 33.6 Å². The second-order valence-corrected chi connectivity index (χ2v) is 7.11. The van der Waals surface area contributed by atoms with E-state index >= 15 is 0 Å². The molecule has 2 heterocycles. The van der Waals surface area contributed by atoms with Crippen LogP contribution in [0.5, 0.6) is 0 Å². The van der Waals surface area contributed by atoms with Crippen LogP contribution < -0.4 is 0 Å². The molecule has 110 valence electrons. The highest BCUT2D eigenvalue weighted by Gasteiger charge is 2.28. The Labute approximate surface area is 124 Å². The summed E-state index contributed by atoms with van der Waals surface area (Å²) < 4.78 is 5.42. The van der Waals surface area contributed by atoms with Gasteiger partial charge in [-0.25, -0.2) is 14.8 Å². The Bertz CT molecular complexity index is 447. The number of hydrogen-bond donors (Lipinski definition) is 0. The summed E-state index contributed by atoms with van der Waals surface area (Å²) in [5, 5.41) is 1.10. The van der Waals surface area contributed by atoms with Gasteiger partial charge in [0.05, 0.1) is 0 Å². The predicted octanol–water partition coefficient (Wildman–Crippen LogP) is 2.97. The molecule has 0 saturated carbocycles. The normalized spacial score (nSPS) is 19.8. The number of likely N-dealkylation sites (tertiary alicyclic amines) is 1. The molecule has 2 rings (SSSR count). The molecule has 0 aromatic carbocycles. The zero-order valence-corrected chi connectivity index (χ0v) is 13.0. The van der Waals surface area contributed by atoms with Gasteiger partial charge in [-0.3, -0.25) is 0 Å². The Morgan fingerprint density at radius 3 is 2.75 bits per heavy atom. The lowest BCUT2D eigenvalue weighted by Crippen LogP contribution is -2.43. The molecule has 1 aromatic heterocycles. The summed E-state index contributed by atoms with van der Waals surface area (Å²) >= 11 is 1.63. The number of hydrogen-bond acceptors (Lipinski definition) is 5. The Hall–Kier alpha value is -1.30. The van der Waals surface area contributed by atoms with Gasteiger partial charge in [0.15, 0.2) is 5.16 Å². The van der Waals surface area contributed by atoms with Crippen molar-refractivity contribution in [2.45, 2.75) is 49.6 Å². The zero-order chi connectivity index (χ0) is 14.6. The van der Waals surface area contributed by atoms with E-state index in [1.54, 1.807) is 35.1 Å². The third-order valence-electron chi connectivity index (χ3n) is 2.84. The molecule has 0 unspecified atom stereocenters. The van der Waals surface area contributed by atoms with Crippen LogP contribution in [0.15, 0.2) is 23.6 Å². The molecule has 1 atom stereocenters. The topological polar surface area (TPSA) is 55.3 Å². The fourth-order valence-electron chi connectivity index (χ4n) is 2.02. The Kier molecular flexibility index (Phi) is 4.86. The average Bonchev–Trinajstić information content (AvgIpc) is 2.38. The van der Waals surface area contributed by atoms with E-state index in [-0.39, 0.29) is 6.09 Å². The van der Waals surface area contributed by atoms with E-state index in [1.165, 1.54) is 0 Å². The maximum atomic E-state index is 12.1. The molecule has 0 bridgehead atoms. The van der Waals surface area contributed by atoms with Crippen LogP contribution in [0.25, 0.3) is 0 Å². The standard InChI is InChI=1S/C14H21N3O2S/c1-14(2,3)19-13(18)17-9-4-6-11(10-17)20-12-15-7-5-8-16-12/h5,7-8,11H,4,6,9-10H2,1-3H3/t11-/m0/s1. The number of carbonyl (C=O) groups excluding carboxylic acids is 1. The lowest BCUT2D eigenvalue weighted by atomic mass is 10.1. The number of rotatable bonds is 2. The first-order chi connectivity index (χ1) is 9.44. The van der Waals surface area contributed by atoms with E-state index in [0.717, 1.165) is 24.5 Å². The molecule has 0 aliphatic carbocycles. The van der Waals surface area contributed by atoms with Gasteiger partial charge in [-0.15, -0.1) is 0 Å². The van der Waals surface area contributed by atoms with E-state index in [2.05, 4.69) is 9.97 Å². The molecule has 1 aliphatic rings. The number of aromatic nitrogens is 2. The average molecular weight is 295 g/mol. The quantitative estimate of drug-likeness (QED) is 0.785. The van der Waals surface area contributed by atoms with Crippen LogP contribution in [0.3, 0.4) is 0 Å². The van der Waals surface area contributed by atoms with Gasteiger partial charge in [0.2, 0.25) is 0 Å². The molecule has 5 nitrogen and oxygen atoms in total. The fourth-order valence-corrected chi connectivity index (χ4v) is 3.10. The summed E-state index contributed by atoms with van der Waals surface area (Å²) in [6.07, 6.45) is 5.32. The molecular weight excluding hydrogens is 274 g/mol. The van der Waals surface area contributed by atoms with Crippen LogP contribution >= 0.6 is 11.8 Å². The third kappa shape index (κ3) is 4.67. The van der Waals surface area contributed by atoms with Crippen molar-refractivity contribution in [1.82, 2.24) is 14.9 Å². The smallest absolute Gasteiger partial charge is 0.410 e. The van der Waals surface area contributed by atoms with Gasteiger partial charge >= 0.3 is 6.09 Å². The molecular formula is C14H21N3O2S. The van der Waals surface area contributed by atoms with Gasteiger partial charge in [0.1, 0.15) is 5.60 Å². The number of thioether (sulfide) groups is 1. The van der Waals surface area contributed by atoms with Gasteiger partial charge in [0, 0.05) is 30.7 Å². The number of piperidine rings is 1. The molecule has 1 amide bonds. The molecule has 1 saturated heterocycles. The highest BCUT2D eigenvalue weighted by atomic mass is 32.2. The highest BCUT2D eigenvalue weighted by Crippen LogP contribution is 2.27. The monoisotopic (exact) mass is 295 g/mol. The summed E-state index contributed by atoms with van der Waals surface area (Å²) in [5.41, 5.74) is -0.445. The summed E-state index contributed by atoms with van der Waals surface area (Å²) in [6.45, 7) is 7.12. The maximum absolute atomic E-state index is 12.1. The molecule has 20 heavy (non-hydrogen) atoms. The SMILES string of the molecule is CC(C)(C)OC(=O)N1CCC[C@H](Sc2ncccn2)C1. The molecule has 0 radical (unpaired) electrons. The van der Waals surface area contributed by atoms with E-state index in [1.807, 2.05) is 20.8 Å². The molecule has 1 aliphatic heterocycles. The molecule has 6 heteroatoms. The van der Waals surface area contributed by atoms with Crippen LogP contribution in [-0.2, 0) is 4.74 Å². The minimum atomic E-state index is -0.445. The van der Waals surface area contributed by atoms with Crippen LogP contribution in [0, 0.1) is 0 Å². The minimum Gasteiger partial charge on any atom is -0.444 e. The number of carbonyl (C=O) groups is 1. The van der Waals surface area contributed by atoms with Crippen molar-refractivity contribution in [3.8, 4) is 0 Å². The Morgan fingerprint density at radius 1 is 1.40 bits per heavy atom. The molecule has 0 spiro atoms. The van der Waals surface area contributed by atoms with Crippen molar-refractivity contribution in [2.24, 2.45) is 0 Å². The number of ether oxygens (including phenoxy) is 1. The van der Waals surface area contributed by atoms with E-state index < -0.39 is 5.60 Å². The summed E-state index contributed by atoms with van der Waals surface area (Å²) in [7, 11) is 0. The van der Waals surface area contributed by atoms with Crippen molar-refractivity contribution >= 4 is 17.9 Å². The molecule has 1 fully saturated rings.